The van der Waals surface area contributed by atoms with E-state index in [1.807, 2.05) is 0 Å². The average Bonchev–Trinajstić information content (AvgIpc) is 2.35. The minimum atomic E-state index is -1.04. The van der Waals surface area contributed by atoms with Crippen LogP contribution in [0, 0.1) is 0 Å². The van der Waals surface area contributed by atoms with Gasteiger partial charge in [-0.1, -0.05) is 11.6 Å². The van der Waals surface area contributed by atoms with E-state index in [0.717, 1.165) is 4.90 Å². The zero-order valence-corrected chi connectivity index (χ0v) is 10.8. The van der Waals surface area contributed by atoms with Crippen LogP contribution in [0.25, 0.3) is 0 Å². The molecule has 7 nitrogen and oxygen atoms in total. The summed E-state index contributed by atoms with van der Waals surface area (Å²) in [6, 6.07) is 0. The van der Waals surface area contributed by atoms with Crippen LogP contribution in [-0.4, -0.2) is 64.1 Å². The standard InChI is InChI=1S/C10H13ClN4O3/c1-14(3-4-15(2)10(17)18)9(16)7-5-13-8(11)6-12-7/h5-6H,3-4H2,1-2H3,(H,17,18). The molecular weight excluding hydrogens is 260 g/mol. The van der Waals surface area contributed by atoms with Crippen molar-refractivity contribution in [1.29, 1.82) is 0 Å². The summed E-state index contributed by atoms with van der Waals surface area (Å²) in [6.45, 7) is 0.491. The fraction of sp³-hybridized carbons (Fsp3) is 0.400. The van der Waals surface area contributed by atoms with Crippen LogP contribution in [0.1, 0.15) is 10.5 Å². The van der Waals surface area contributed by atoms with Gasteiger partial charge in [-0.3, -0.25) is 4.79 Å². The summed E-state index contributed by atoms with van der Waals surface area (Å²) in [5.41, 5.74) is 0.167. The lowest BCUT2D eigenvalue weighted by molar-refractivity contribution is 0.0772. The number of rotatable bonds is 4. The lowest BCUT2D eigenvalue weighted by Gasteiger charge is -2.20. The van der Waals surface area contributed by atoms with Crippen molar-refractivity contribution in [2.45, 2.75) is 0 Å². The van der Waals surface area contributed by atoms with Crippen molar-refractivity contribution in [2.24, 2.45) is 0 Å². The van der Waals surface area contributed by atoms with E-state index in [9.17, 15) is 9.59 Å². The Bertz CT molecular complexity index is 437. The number of carboxylic acid groups (broad SMARTS) is 1. The summed E-state index contributed by atoms with van der Waals surface area (Å²) in [6.07, 6.45) is 1.52. The van der Waals surface area contributed by atoms with E-state index in [-0.39, 0.29) is 29.8 Å². The molecule has 0 saturated heterocycles. The number of likely N-dealkylation sites (N-methyl/N-ethyl adjacent to an activating group) is 2. The first-order chi connectivity index (χ1) is 8.41. The second-order valence-electron chi connectivity index (χ2n) is 3.66. The van der Waals surface area contributed by atoms with E-state index in [1.54, 1.807) is 7.05 Å². The molecule has 0 aliphatic rings. The molecule has 18 heavy (non-hydrogen) atoms. The van der Waals surface area contributed by atoms with Gasteiger partial charge in [0.25, 0.3) is 5.91 Å². The van der Waals surface area contributed by atoms with Crippen LogP contribution in [0.3, 0.4) is 0 Å². The summed E-state index contributed by atoms with van der Waals surface area (Å²) in [4.78, 5) is 32.5. The van der Waals surface area contributed by atoms with Gasteiger partial charge in [-0.15, -0.1) is 0 Å². The van der Waals surface area contributed by atoms with Gasteiger partial charge in [0, 0.05) is 27.2 Å². The molecule has 0 bridgehead atoms. The highest BCUT2D eigenvalue weighted by molar-refractivity contribution is 6.29. The second-order valence-corrected chi connectivity index (χ2v) is 4.04. The summed E-state index contributed by atoms with van der Waals surface area (Å²) < 4.78 is 0. The number of nitrogens with zero attached hydrogens (tertiary/aromatic N) is 4. The number of hydrogen-bond acceptors (Lipinski definition) is 4. The number of amides is 2. The molecule has 1 aromatic rings. The maximum absolute atomic E-state index is 11.9. The molecule has 0 unspecified atom stereocenters. The highest BCUT2D eigenvalue weighted by Gasteiger charge is 2.15. The Morgan fingerprint density at radius 2 is 1.83 bits per heavy atom. The maximum atomic E-state index is 11.9. The van der Waals surface area contributed by atoms with Gasteiger partial charge in [0.1, 0.15) is 10.8 Å². The Kier molecular flexibility index (Phi) is 4.85. The average molecular weight is 273 g/mol. The molecule has 98 valence electrons. The summed E-state index contributed by atoms with van der Waals surface area (Å²) in [5, 5.41) is 8.87. The number of aromatic nitrogens is 2. The SMILES string of the molecule is CN(CCN(C)C(=O)c1cnc(Cl)cn1)C(=O)O. The van der Waals surface area contributed by atoms with Crippen LogP contribution < -0.4 is 0 Å². The molecule has 1 heterocycles. The summed E-state index contributed by atoms with van der Waals surface area (Å²) >= 11 is 5.56. The Balaban J connectivity index is 2.56. The monoisotopic (exact) mass is 272 g/mol. The molecular formula is C10H13ClN4O3. The quantitative estimate of drug-likeness (QED) is 0.876. The zero-order valence-electron chi connectivity index (χ0n) is 10.00. The molecule has 8 heteroatoms. The van der Waals surface area contributed by atoms with Crippen molar-refractivity contribution >= 4 is 23.6 Å². The highest BCUT2D eigenvalue weighted by Crippen LogP contribution is 2.03. The number of carbonyl (C=O) groups is 2. The summed E-state index contributed by atoms with van der Waals surface area (Å²) in [5.74, 6) is -0.335. The Labute approximate surface area is 109 Å². The van der Waals surface area contributed by atoms with Gasteiger partial charge in [-0.2, -0.15) is 0 Å². The van der Waals surface area contributed by atoms with E-state index >= 15 is 0 Å². The third-order valence-electron chi connectivity index (χ3n) is 2.28. The molecule has 0 aromatic carbocycles. The molecule has 1 aromatic heterocycles. The zero-order chi connectivity index (χ0) is 13.7. The van der Waals surface area contributed by atoms with Crippen LogP contribution in [0.15, 0.2) is 12.4 Å². The Morgan fingerprint density at radius 3 is 2.33 bits per heavy atom. The normalized spacial score (nSPS) is 9.94. The predicted octanol–water partition coefficient (Wildman–Crippen LogP) is 0.812. The van der Waals surface area contributed by atoms with E-state index in [1.165, 1.54) is 24.3 Å². The van der Waals surface area contributed by atoms with Crippen molar-refractivity contribution in [3.05, 3.63) is 23.2 Å². The Hall–Kier alpha value is -1.89. The van der Waals surface area contributed by atoms with Gasteiger partial charge >= 0.3 is 6.09 Å². The van der Waals surface area contributed by atoms with Crippen LogP contribution in [0.5, 0.6) is 0 Å². The minimum absolute atomic E-state index is 0.167. The third-order valence-corrected chi connectivity index (χ3v) is 2.48. The lowest BCUT2D eigenvalue weighted by atomic mass is 10.4. The number of carbonyl (C=O) groups excluding carboxylic acids is 1. The van der Waals surface area contributed by atoms with Gasteiger partial charge in [0.05, 0.1) is 12.4 Å². The fourth-order valence-corrected chi connectivity index (χ4v) is 1.21. The third kappa shape index (κ3) is 3.85. The summed E-state index contributed by atoms with van der Waals surface area (Å²) in [7, 11) is 3.00. The molecule has 0 aliphatic heterocycles. The van der Waals surface area contributed by atoms with Crippen LogP contribution in [0.2, 0.25) is 5.15 Å². The smallest absolute Gasteiger partial charge is 0.407 e. The van der Waals surface area contributed by atoms with Crippen LogP contribution in [-0.2, 0) is 0 Å². The van der Waals surface area contributed by atoms with Crippen molar-refractivity contribution in [3.63, 3.8) is 0 Å². The van der Waals surface area contributed by atoms with Crippen molar-refractivity contribution in [1.82, 2.24) is 19.8 Å². The lowest BCUT2D eigenvalue weighted by Crippen LogP contribution is -2.37. The molecule has 0 radical (unpaired) electrons. The molecule has 1 rings (SSSR count). The molecule has 2 amide bonds. The highest BCUT2D eigenvalue weighted by atomic mass is 35.5. The molecule has 0 saturated carbocycles. The van der Waals surface area contributed by atoms with Gasteiger partial charge < -0.3 is 14.9 Å². The second kappa shape index (κ2) is 6.15. The van der Waals surface area contributed by atoms with Crippen molar-refractivity contribution in [3.8, 4) is 0 Å². The molecule has 0 atom stereocenters. The van der Waals surface area contributed by atoms with Crippen LogP contribution in [0.4, 0.5) is 4.79 Å². The van der Waals surface area contributed by atoms with E-state index in [0.29, 0.717) is 0 Å². The first kappa shape index (κ1) is 14.2. The van der Waals surface area contributed by atoms with Gasteiger partial charge in [0.15, 0.2) is 0 Å². The number of halogens is 1. The number of hydrogen-bond donors (Lipinski definition) is 1. The topological polar surface area (TPSA) is 86.6 Å². The molecule has 0 aliphatic carbocycles. The van der Waals surface area contributed by atoms with Gasteiger partial charge in [-0.25, -0.2) is 14.8 Å². The molecule has 0 fully saturated rings. The molecule has 0 spiro atoms. The largest absolute Gasteiger partial charge is 0.465 e. The van der Waals surface area contributed by atoms with E-state index in [4.69, 9.17) is 16.7 Å². The first-order valence-corrected chi connectivity index (χ1v) is 5.46. The van der Waals surface area contributed by atoms with Gasteiger partial charge in [0.2, 0.25) is 0 Å². The molecule has 1 N–H and O–H groups in total. The van der Waals surface area contributed by atoms with E-state index < -0.39 is 6.09 Å². The first-order valence-electron chi connectivity index (χ1n) is 5.09. The predicted molar refractivity (Wildman–Crippen MR) is 64.7 cm³/mol. The van der Waals surface area contributed by atoms with Crippen molar-refractivity contribution < 1.29 is 14.7 Å². The maximum Gasteiger partial charge on any atom is 0.407 e. The van der Waals surface area contributed by atoms with Crippen molar-refractivity contribution in [2.75, 3.05) is 27.2 Å². The van der Waals surface area contributed by atoms with Crippen LogP contribution >= 0.6 is 11.6 Å². The Morgan fingerprint density at radius 1 is 1.22 bits per heavy atom. The fourth-order valence-electron chi connectivity index (χ4n) is 1.12. The minimum Gasteiger partial charge on any atom is -0.465 e. The van der Waals surface area contributed by atoms with Gasteiger partial charge in [-0.05, 0) is 0 Å². The van der Waals surface area contributed by atoms with E-state index in [2.05, 4.69) is 9.97 Å².